The summed E-state index contributed by atoms with van der Waals surface area (Å²) < 4.78 is 9.55. The Balaban J connectivity index is 1.88. The molecular formula is C26H29N5O4S. The number of para-hydroxylation sites is 2. The Labute approximate surface area is 213 Å². The number of nitrogens with one attached hydrogen (secondary N) is 1. The summed E-state index contributed by atoms with van der Waals surface area (Å²) >= 11 is 0.769. The van der Waals surface area contributed by atoms with Crippen molar-refractivity contribution in [2.24, 2.45) is 5.73 Å². The van der Waals surface area contributed by atoms with Crippen molar-refractivity contribution in [1.29, 1.82) is 0 Å². The predicted octanol–water partition coefficient (Wildman–Crippen LogP) is 3.59. The molecule has 0 spiro atoms. The predicted molar refractivity (Wildman–Crippen MR) is 139 cm³/mol. The molecule has 0 radical (unpaired) electrons. The second kappa shape index (κ2) is 10.8. The van der Waals surface area contributed by atoms with Gasteiger partial charge in [-0.05, 0) is 49.0 Å². The Morgan fingerprint density at radius 1 is 1.11 bits per heavy atom. The zero-order valence-electron chi connectivity index (χ0n) is 20.2. The smallest absolute Gasteiger partial charge is 0.273 e. The summed E-state index contributed by atoms with van der Waals surface area (Å²) in [6, 6.07) is 13.4. The van der Waals surface area contributed by atoms with Crippen LogP contribution in [0.1, 0.15) is 63.0 Å². The fourth-order valence-corrected chi connectivity index (χ4v) is 5.19. The van der Waals surface area contributed by atoms with E-state index in [-0.39, 0.29) is 28.2 Å². The number of benzene rings is 2. The Morgan fingerprint density at radius 2 is 1.78 bits per heavy atom. The summed E-state index contributed by atoms with van der Waals surface area (Å²) in [6.45, 7) is 1.95. The van der Waals surface area contributed by atoms with Crippen LogP contribution >= 0.6 is 11.5 Å². The standard InChI is InChI=1S/C26H29N5O4S/c1-15-11-13-16(14-12-15)22(25(33)29-17-7-3-4-8-17)31(18-9-5-6-10-19(18)35-2)26(34)23-20(27)21(24(28)32)30-36-23/h5-6,9-14,17,22H,3-4,7-8,27H2,1-2H3,(H2,28,32)(H,29,33). The Morgan fingerprint density at radius 3 is 2.39 bits per heavy atom. The van der Waals surface area contributed by atoms with Gasteiger partial charge in [0.05, 0.1) is 18.5 Å². The van der Waals surface area contributed by atoms with E-state index < -0.39 is 17.9 Å². The van der Waals surface area contributed by atoms with Crippen molar-refractivity contribution < 1.29 is 19.1 Å². The van der Waals surface area contributed by atoms with Gasteiger partial charge in [0.1, 0.15) is 16.7 Å². The van der Waals surface area contributed by atoms with Crippen LogP contribution in [0.4, 0.5) is 11.4 Å². The van der Waals surface area contributed by atoms with Gasteiger partial charge in [-0.3, -0.25) is 19.3 Å². The molecule has 1 fully saturated rings. The van der Waals surface area contributed by atoms with Crippen molar-refractivity contribution in [2.45, 2.75) is 44.7 Å². The van der Waals surface area contributed by atoms with Gasteiger partial charge in [0, 0.05) is 6.04 Å². The second-order valence-electron chi connectivity index (χ2n) is 8.79. The van der Waals surface area contributed by atoms with E-state index in [9.17, 15) is 14.4 Å². The number of hydrogen-bond acceptors (Lipinski definition) is 7. The molecule has 36 heavy (non-hydrogen) atoms. The lowest BCUT2D eigenvalue weighted by atomic mass is 10.0. The number of nitrogen functional groups attached to an aromatic ring is 1. The third-order valence-corrected chi connectivity index (χ3v) is 7.17. The largest absolute Gasteiger partial charge is 0.495 e. The van der Waals surface area contributed by atoms with Gasteiger partial charge in [-0.15, -0.1) is 0 Å². The Kier molecular flexibility index (Phi) is 7.54. The van der Waals surface area contributed by atoms with Crippen molar-refractivity contribution in [2.75, 3.05) is 17.7 Å². The van der Waals surface area contributed by atoms with E-state index >= 15 is 0 Å². The number of carbonyl (C=O) groups excluding carboxylic acids is 3. The second-order valence-corrected chi connectivity index (χ2v) is 9.56. The van der Waals surface area contributed by atoms with Crippen LogP contribution in [0.15, 0.2) is 48.5 Å². The maximum absolute atomic E-state index is 14.1. The lowest BCUT2D eigenvalue weighted by molar-refractivity contribution is -0.123. The average molecular weight is 508 g/mol. The van der Waals surface area contributed by atoms with Crippen molar-refractivity contribution in [3.63, 3.8) is 0 Å². The average Bonchev–Trinajstić information content (AvgIpc) is 3.52. The fraction of sp³-hybridized carbons (Fsp3) is 0.308. The van der Waals surface area contributed by atoms with E-state index in [1.165, 1.54) is 12.0 Å². The number of hydrogen-bond donors (Lipinski definition) is 3. The molecule has 1 aliphatic carbocycles. The number of primary amides is 1. The molecule has 1 saturated carbocycles. The highest BCUT2D eigenvalue weighted by Gasteiger charge is 2.38. The quantitative estimate of drug-likeness (QED) is 0.426. The van der Waals surface area contributed by atoms with Crippen molar-refractivity contribution >= 4 is 40.6 Å². The molecule has 1 atom stereocenters. The van der Waals surface area contributed by atoms with E-state index in [0.717, 1.165) is 42.8 Å². The molecule has 3 aromatic rings. The number of nitrogens with two attached hydrogens (primary N) is 2. The normalized spacial score (nSPS) is 14.3. The lowest BCUT2D eigenvalue weighted by Gasteiger charge is -2.33. The first-order chi connectivity index (χ1) is 17.3. The molecule has 9 nitrogen and oxygen atoms in total. The molecule has 2 aromatic carbocycles. The van der Waals surface area contributed by atoms with E-state index in [2.05, 4.69) is 9.69 Å². The fourth-order valence-electron chi connectivity index (χ4n) is 4.45. The zero-order valence-corrected chi connectivity index (χ0v) is 21.0. The zero-order chi connectivity index (χ0) is 25.8. The van der Waals surface area contributed by atoms with Crippen molar-refractivity contribution in [1.82, 2.24) is 9.69 Å². The van der Waals surface area contributed by atoms with Crippen LogP contribution in [-0.4, -0.2) is 35.2 Å². The number of nitrogens with zero attached hydrogens (tertiary/aromatic N) is 2. The molecule has 3 amide bonds. The minimum absolute atomic E-state index is 0.0143. The maximum Gasteiger partial charge on any atom is 0.273 e. The molecule has 0 bridgehead atoms. The molecule has 10 heteroatoms. The monoisotopic (exact) mass is 507 g/mol. The van der Waals surface area contributed by atoms with Crippen LogP contribution in [0.25, 0.3) is 0 Å². The van der Waals surface area contributed by atoms with Crippen molar-refractivity contribution in [3.05, 3.63) is 70.2 Å². The lowest BCUT2D eigenvalue weighted by Crippen LogP contribution is -2.46. The first kappa shape index (κ1) is 25.2. The Hall–Kier alpha value is -3.92. The number of methoxy groups -OCH3 is 1. The maximum atomic E-state index is 14.1. The molecule has 1 aromatic heterocycles. The number of anilines is 2. The number of aryl methyl sites for hydroxylation is 1. The molecule has 188 valence electrons. The summed E-state index contributed by atoms with van der Waals surface area (Å²) in [5.41, 5.74) is 13.2. The van der Waals surface area contributed by atoms with Gasteiger partial charge >= 0.3 is 0 Å². The van der Waals surface area contributed by atoms with Crippen molar-refractivity contribution in [3.8, 4) is 5.75 Å². The van der Waals surface area contributed by atoms with E-state index in [1.807, 2.05) is 31.2 Å². The number of carbonyl (C=O) groups is 3. The van der Waals surface area contributed by atoms with Gasteiger partial charge in [-0.2, -0.15) is 4.37 Å². The van der Waals surface area contributed by atoms with E-state index in [0.29, 0.717) is 17.0 Å². The van der Waals surface area contributed by atoms with Gasteiger partial charge in [-0.1, -0.05) is 54.8 Å². The summed E-state index contributed by atoms with van der Waals surface area (Å²) in [7, 11) is 1.49. The topological polar surface area (TPSA) is 141 Å². The molecule has 0 saturated heterocycles. The molecule has 0 aliphatic heterocycles. The van der Waals surface area contributed by atoms with Gasteiger partial charge in [0.2, 0.25) is 5.91 Å². The van der Waals surface area contributed by atoms with Gasteiger partial charge in [0.25, 0.3) is 11.8 Å². The minimum atomic E-state index is -1.03. The molecule has 1 heterocycles. The summed E-state index contributed by atoms with van der Waals surface area (Å²) in [5.74, 6) is -1.34. The van der Waals surface area contributed by atoms with Crippen LogP contribution in [0, 0.1) is 6.92 Å². The van der Waals surface area contributed by atoms with Gasteiger partial charge in [0.15, 0.2) is 5.69 Å². The first-order valence-electron chi connectivity index (χ1n) is 11.7. The van der Waals surface area contributed by atoms with Crippen LogP contribution < -0.4 is 26.4 Å². The molecule has 5 N–H and O–H groups in total. The summed E-state index contributed by atoms with van der Waals surface area (Å²) in [5, 5.41) is 3.13. The highest BCUT2D eigenvalue weighted by molar-refractivity contribution is 7.09. The molecular weight excluding hydrogens is 478 g/mol. The highest BCUT2D eigenvalue weighted by Crippen LogP contribution is 2.38. The van der Waals surface area contributed by atoms with Crippen LogP contribution in [0.2, 0.25) is 0 Å². The number of ether oxygens (including phenoxy) is 1. The number of aromatic nitrogens is 1. The number of amides is 3. The third-order valence-electron chi connectivity index (χ3n) is 6.32. The van der Waals surface area contributed by atoms with Gasteiger partial charge < -0.3 is 21.5 Å². The first-order valence-corrected chi connectivity index (χ1v) is 12.5. The highest BCUT2D eigenvalue weighted by atomic mass is 32.1. The minimum Gasteiger partial charge on any atom is -0.495 e. The summed E-state index contributed by atoms with van der Waals surface area (Å²) in [6.07, 6.45) is 3.86. The van der Waals surface area contributed by atoms with Crippen LogP contribution in [0.3, 0.4) is 0 Å². The van der Waals surface area contributed by atoms with E-state index in [4.69, 9.17) is 16.2 Å². The SMILES string of the molecule is COc1ccccc1N(C(=O)c1snc(C(N)=O)c1N)C(C(=O)NC1CCCC1)c1ccc(C)cc1. The molecule has 1 aliphatic rings. The van der Waals surface area contributed by atoms with Gasteiger partial charge in [-0.25, -0.2) is 0 Å². The summed E-state index contributed by atoms with van der Waals surface area (Å²) in [4.78, 5) is 41.1. The molecule has 1 unspecified atom stereocenters. The van der Waals surface area contributed by atoms with Crippen LogP contribution in [-0.2, 0) is 4.79 Å². The Bertz CT molecular complexity index is 1270. The van der Waals surface area contributed by atoms with E-state index in [1.54, 1.807) is 24.3 Å². The third kappa shape index (κ3) is 5.03. The number of rotatable bonds is 8. The molecule has 4 rings (SSSR count). The van der Waals surface area contributed by atoms with Crippen LogP contribution in [0.5, 0.6) is 5.75 Å².